The van der Waals surface area contributed by atoms with Crippen LogP contribution in [0.15, 0.2) is 47.1 Å². The van der Waals surface area contributed by atoms with Crippen molar-refractivity contribution in [2.75, 3.05) is 31.5 Å². The zero-order valence-corrected chi connectivity index (χ0v) is 17.7. The van der Waals surface area contributed by atoms with Crippen LogP contribution in [0.5, 0.6) is 0 Å². The molecule has 0 atom stereocenters. The van der Waals surface area contributed by atoms with Crippen molar-refractivity contribution in [3.05, 3.63) is 64.9 Å². The van der Waals surface area contributed by atoms with Gasteiger partial charge in [-0.05, 0) is 61.7 Å². The van der Waals surface area contributed by atoms with Crippen molar-refractivity contribution in [3.8, 4) is 0 Å². The molecule has 156 valence electrons. The Morgan fingerprint density at radius 3 is 2.40 bits per heavy atom. The van der Waals surface area contributed by atoms with E-state index >= 15 is 0 Å². The number of furan rings is 1. The first-order valence-electron chi connectivity index (χ1n) is 10.3. The van der Waals surface area contributed by atoms with E-state index in [4.69, 9.17) is 4.42 Å². The summed E-state index contributed by atoms with van der Waals surface area (Å²) in [4.78, 5) is 28.9. The molecule has 1 fully saturated rings. The Morgan fingerprint density at radius 2 is 1.67 bits per heavy atom. The number of anilines is 1. The first-order valence-corrected chi connectivity index (χ1v) is 10.3. The normalized spacial score (nSPS) is 14.2. The second-order valence-corrected chi connectivity index (χ2v) is 8.04. The van der Waals surface area contributed by atoms with Crippen LogP contribution in [0.25, 0.3) is 11.0 Å². The van der Waals surface area contributed by atoms with Crippen molar-refractivity contribution in [1.29, 1.82) is 0 Å². The van der Waals surface area contributed by atoms with Gasteiger partial charge in [-0.2, -0.15) is 0 Å². The molecule has 0 bridgehead atoms. The van der Waals surface area contributed by atoms with Gasteiger partial charge >= 0.3 is 6.03 Å². The van der Waals surface area contributed by atoms with Gasteiger partial charge in [0.05, 0.1) is 12.7 Å². The maximum Gasteiger partial charge on any atom is 0.321 e. The number of hydrogen-bond donors (Lipinski definition) is 1. The van der Waals surface area contributed by atoms with Crippen LogP contribution in [0.4, 0.5) is 10.5 Å². The first-order chi connectivity index (χ1) is 14.4. The largest absolute Gasteiger partial charge is 0.464 e. The van der Waals surface area contributed by atoms with E-state index in [1.54, 1.807) is 11.2 Å². The van der Waals surface area contributed by atoms with Crippen molar-refractivity contribution in [3.63, 3.8) is 0 Å². The molecule has 0 unspecified atom stereocenters. The smallest absolute Gasteiger partial charge is 0.321 e. The summed E-state index contributed by atoms with van der Waals surface area (Å²) in [6.45, 7) is 8.22. The van der Waals surface area contributed by atoms with Gasteiger partial charge < -0.3 is 19.5 Å². The zero-order chi connectivity index (χ0) is 21.3. The van der Waals surface area contributed by atoms with E-state index in [1.165, 1.54) is 11.1 Å². The van der Waals surface area contributed by atoms with E-state index in [0.29, 0.717) is 32.6 Å². The zero-order valence-electron chi connectivity index (χ0n) is 17.7. The molecule has 6 heteroatoms. The molecule has 1 N–H and O–H groups in total. The number of carbonyl (C=O) groups is 2. The summed E-state index contributed by atoms with van der Waals surface area (Å²) < 4.78 is 5.65. The molecule has 3 aromatic rings. The summed E-state index contributed by atoms with van der Waals surface area (Å²) in [7, 11) is 0. The van der Waals surface area contributed by atoms with Crippen molar-refractivity contribution in [2.24, 2.45) is 0 Å². The topological polar surface area (TPSA) is 65.8 Å². The minimum Gasteiger partial charge on any atom is -0.464 e. The summed E-state index contributed by atoms with van der Waals surface area (Å²) in [5.41, 5.74) is 5.98. The first kappa shape index (κ1) is 20.0. The molecule has 3 amide bonds. The maximum atomic E-state index is 12.8. The van der Waals surface area contributed by atoms with Crippen molar-refractivity contribution < 1.29 is 14.0 Å². The number of rotatable bonds is 3. The molecular weight excluding hydrogens is 378 g/mol. The molecule has 1 saturated heterocycles. The third kappa shape index (κ3) is 4.17. The fourth-order valence-electron chi connectivity index (χ4n) is 3.83. The lowest BCUT2D eigenvalue weighted by molar-refractivity contribution is -0.131. The van der Waals surface area contributed by atoms with E-state index in [1.807, 2.05) is 42.2 Å². The third-order valence-electron chi connectivity index (χ3n) is 5.80. The Bertz CT molecular complexity index is 1090. The van der Waals surface area contributed by atoms with Gasteiger partial charge in [-0.25, -0.2) is 4.79 Å². The highest BCUT2D eigenvalue weighted by Gasteiger charge is 2.25. The van der Waals surface area contributed by atoms with Crippen LogP contribution in [-0.2, 0) is 11.2 Å². The Balaban J connectivity index is 1.34. The average molecular weight is 405 g/mol. The SMILES string of the molecule is Cc1cccc(NC(=O)N2CCN(C(=O)Cc3coc4cc(C)c(C)cc34)CC2)c1. The number of urea groups is 1. The van der Waals surface area contributed by atoms with Crippen LogP contribution in [0.3, 0.4) is 0 Å². The molecule has 30 heavy (non-hydrogen) atoms. The number of piperazine rings is 1. The molecule has 2 aromatic carbocycles. The highest BCUT2D eigenvalue weighted by molar-refractivity contribution is 5.90. The van der Waals surface area contributed by atoms with Gasteiger partial charge in [0.1, 0.15) is 5.58 Å². The van der Waals surface area contributed by atoms with Crippen LogP contribution in [0.1, 0.15) is 22.3 Å². The lowest BCUT2D eigenvalue weighted by Gasteiger charge is -2.34. The molecule has 6 nitrogen and oxygen atoms in total. The van der Waals surface area contributed by atoms with Crippen molar-refractivity contribution >= 4 is 28.6 Å². The van der Waals surface area contributed by atoms with Crippen LogP contribution in [-0.4, -0.2) is 47.9 Å². The molecule has 1 aliphatic rings. The molecule has 0 aliphatic carbocycles. The number of aryl methyl sites for hydroxylation is 3. The molecule has 0 spiro atoms. The lowest BCUT2D eigenvalue weighted by atomic mass is 10.0. The van der Waals surface area contributed by atoms with Gasteiger partial charge in [-0.1, -0.05) is 12.1 Å². The molecule has 0 saturated carbocycles. The number of benzene rings is 2. The number of fused-ring (bicyclic) bond motifs is 1. The Kier molecular flexibility index (Phi) is 5.48. The minimum absolute atomic E-state index is 0.0645. The maximum absolute atomic E-state index is 12.8. The van der Waals surface area contributed by atoms with Crippen LogP contribution < -0.4 is 5.32 Å². The predicted octanol–water partition coefficient (Wildman–Crippen LogP) is 4.28. The second kappa shape index (κ2) is 8.22. The summed E-state index contributed by atoms with van der Waals surface area (Å²) in [6, 6.07) is 11.7. The highest BCUT2D eigenvalue weighted by Crippen LogP contribution is 2.25. The van der Waals surface area contributed by atoms with Crippen LogP contribution in [0, 0.1) is 20.8 Å². The van der Waals surface area contributed by atoms with Crippen molar-refractivity contribution in [2.45, 2.75) is 27.2 Å². The third-order valence-corrected chi connectivity index (χ3v) is 5.80. The quantitative estimate of drug-likeness (QED) is 0.707. The number of carbonyl (C=O) groups excluding carboxylic acids is 2. The van der Waals surface area contributed by atoms with Gasteiger partial charge in [0.25, 0.3) is 0 Å². The van der Waals surface area contributed by atoms with E-state index in [0.717, 1.165) is 27.8 Å². The summed E-state index contributed by atoms with van der Waals surface area (Å²) in [6.07, 6.45) is 2.00. The van der Waals surface area contributed by atoms with Gasteiger partial charge in [0, 0.05) is 42.8 Å². The van der Waals surface area contributed by atoms with Gasteiger partial charge in [0.15, 0.2) is 0 Å². The fraction of sp³-hybridized carbons (Fsp3) is 0.333. The molecule has 1 aromatic heterocycles. The molecule has 4 rings (SSSR count). The molecule has 1 aliphatic heterocycles. The van der Waals surface area contributed by atoms with E-state index in [9.17, 15) is 9.59 Å². The van der Waals surface area contributed by atoms with Gasteiger partial charge in [0.2, 0.25) is 5.91 Å². The highest BCUT2D eigenvalue weighted by atomic mass is 16.3. The fourth-order valence-corrected chi connectivity index (χ4v) is 3.83. The minimum atomic E-state index is -0.126. The Hall–Kier alpha value is -3.28. The summed E-state index contributed by atoms with van der Waals surface area (Å²) in [5, 5.41) is 3.94. The summed E-state index contributed by atoms with van der Waals surface area (Å²) in [5.74, 6) is 0.0645. The van der Waals surface area contributed by atoms with Gasteiger partial charge in [-0.15, -0.1) is 0 Å². The monoisotopic (exact) mass is 405 g/mol. The lowest BCUT2D eigenvalue weighted by Crippen LogP contribution is -2.52. The number of amides is 3. The summed E-state index contributed by atoms with van der Waals surface area (Å²) >= 11 is 0. The molecule has 0 radical (unpaired) electrons. The number of hydrogen-bond acceptors (Lipinski definition) is 3. The predicted molar refractivity (Wildman–Crippen MR) is 118 cm³/mol. The Morgan fingerprint density at radius 1 is 0.967 bits per heavy atom. The standard InChI is InChI=1S/C24H27N3O3/c1-16-5-4-6-20(11-16)25-24(29)27-9-7-26(8-10-27)23(28)14-19-15-30-22-13-18(3)17(2)12-21(19)22/h4-6,11-13,15H,7-10,14H2,1-3H3,(H,25,29). The van der Waals surface area contributed by atoms with Crippen LogP contribution >= 0.6 is 0 Å². The molecule has 2 heterocycles. The molecular formula is C24H27N3O3. The van der Waals surface area contributed by atoms with Gasteiger partial charge in [-0.3, -0.25) is 4.79 Å². The Labute approximate surface area is 176 Å². The average Bonchev–Trinajstić information content (AvgIpc) is 3.09. The second-order valence-electron chi connectivity index (χ2n) is 8.04. The van der Waals surface area contributed by atoms with E-state index < -0.39 is 0 Å². The van der Waals surface area contributed by atoms with Crippen LogP contribution in [0.2, 0.25) is 0 Å². The van der Waals surface area contributed by atoms with Crippen molar-refractivity contribution in [1.82, 2.24) is 9.80 Å². The van der Waals surface area contributed by atoms with E-state index in [2.05, 4.69) is 25.2 Å². The number of nitrogens with one attached hydrogen (secondary N) is 1. The number of nitrogens with zero attached hydrogens (tertiary/aromatic N) is 2. The van der Waals surface area contributed by atoms with E-state index in [-0.39, 0.29) is 11.9 Å².